The highest BCUT2D eigenvalue weighted by Crippen LogP contribution is 2.34. The van der Waals surface area contributed by atoms with Crippen molar-refractivity contribution in [3.63, 3.8) is 0 Å². The standard InChI is InChI=1S/C19H19N3O3S.BrH/c1-12(23)20-14-5-7-15(8-6-14)21-19-22-16(11-26-19)13-4-9-17(24-2)18(10-13)25-3;/h4-11H,1-3H3,(H,20,23)(H,21,22);1H. The molecule has 3 rings (SSSR count). The van der Waals surface area contributed by atoms with E-state index in [9.17, 15) is 4.79 Å². The molecule has 0 radical (unpaired) electrons. The Bertz CT molecular complexity index is 913. The van der Waals surface area contributed by atoms with Crippen LogP contribution in [-0.4, -0.2) is 25.1 Å². The van der Waals surface area contributed by atoms with E-state index < -0.39 is 0 Å². The van der Waals surface area contributed by atoms with Crippen LogP contribution < -0.4 is 20.1 Å². The van der Waals surface area contributed by atoms with Gasteiger partial charge in [-0.25, -0.2) is 4.98 Å². The summed E-state index contributed by atoms with van der Waals surface area (Å²) in [4.78, 5) is 15.7. The minimum absolute atomic E-state index is 0. The van der Waals surface area contributed by atoms with Crippen LogP contribution >= 0.6 is 28.3 Å². The number of nitrogens with one attached hydrogen (secondary N) is 2. The van der Waals surface area contributed by atoms with Gasteiger partial charge in [-0.15, -0.1) is 28.3 Å². The molecule has 8 heteroatoms. The maximum Gasteiger partial charge on any atom is 0.221 e. The van der Waals surface area contributed by atoms with Gasteiger partial charge in [0.2, 0.25) is 5.91 Å². The third-order valence-corrected chi connectivity index (χ3v) is 4.40. The molecule has 0 bridgehead atoms. The van der Waals surface area contributed by atoms with Crippen LogP contribution in [0.25, 0.3) is 11.3 Å². The molecule has 0 unspecified atom stereocenters. The van der Waals surface area contributed by atoms with E-state index in [1.807, 2.05) is 47.8 Å². The third-order valence-electron chi connectivity index (χ3n) is 3.64. The van der Waals surface area contributed by atoms with Gasteiger partial charge in [0.05, 0.1) is 19.9 Å². The number of aromatic nitrogens is 1. The van der Waals surface area contributed by atoms with Crippen molar-refractivity contribution in [2.24, 2.45) is 0 Å². The summed E-state index contributed by atoms with van der Waals surface area (Å²) in [5, 5.41) is 8.77. The predicted octanol–water partition coefficient (Wildman–Crippen LogP) is 5.11. The second-order valence-electron chi connectivity index (χ2n) is 5.49. The Balaban J connectivity index is 0.00000261. The Hall–Kier alpha value is -2.58. The largest absolute Gasteiger partial charge is 0.493 e. The number of thiazole rings is 1. The van der Waals surface area contributed by atoms with Crippen LogP contribution in [0.1, 0.15) is 6.92 Å². The van der Waals surface area contributed by atoms with Gasteiger partial charge in [0, 0.05) is 29.2 Å². The first kappa shape index (κ1) is 20.7. The van der Waals surface area contributed by atoms with E-state index in [2.05, 4.69) is 15.6 Å². The zero-order valence-corrected chi connectivity index (χ0v) is 17.6. The topological polar surface area (TPSA) is 72.5 Å². The summed E-state index contributed by atoms with van der Waals surface area (Å²) in [6.07, 6.45) is 0. The van der Waals surface area contributed by atoms with Gasteiger partial charge >= 0.3 is 0 Å². The Morgan fingerprint density at radius 3 is 2.30 bits per heavy atom. The van der Waals surface area contributed by atoms with Gasteiger partial charge in [0.1, 0.15) is 0 Å². The van der Waals surface area contributed by atoms with Gasteiger partial charge in [-0.3, -0.25) is 4.79 Å². The monoisotopic (exact) mass is 449 g/mol. The van der Waals surface area contributed by atoms with E-state index in [0.717, 1.165) is 27.8 Å². The van der Waals surface area contributed by atoms with Crippen LogP contribution in [0.5, 0.6) is 11.5 Å². The molecule has 0 spiro atoms. The van der Waals surface area contributed by atoms with Gasteiger partial charge in [0.15, 0.2) is 16.6 Å². The number of rotatable bonds is 6. The molecule has 0 aliphatic rings. The lowest BCUT2D eigenvalue weighted by atomic mass is 10.1. The quantitative estimate of drug-likeness (QED) is 0.546. The van der Waals surface area contributed by atoms with Crippen LogP contribution in [0.15, 0.2) is 47.8 Å². The van der Waals surface area contributed by atoms with E-state index in [1.54, 1.807) is 14.2 Å². The number of nitrogens with zero attached hydrogens (tertiary/aromatic N) is 1. The maximum absolute atomic E-state index is 11.1. The van der Waals surface area contributed by atoms with E-state index in [4.69, 9.17) is 9.47 Å². The Morgan fingerprint density at radius 2 is 1.67 bits per heavy atom. The lowest BCUT2D eigenvalue weighted by Crippen LogP contribution is -2.05. The average Bonchev–Trinajstić information content (AvgIpc) is 3.11. The normalized spacial score (nSPS) is 9.89. The molecule has 1 aromatic heterocycles. The lowest BCUT2D eigenvalue weighted by Gasteiger charge is -2.08. The van der Waals surface area contributed by atoms with Crippen molar-refractivity contribution in [2.45, 2.75) is 6.92 Å². The number of benzene rings is 2. The van der Waals surface area contributed by atoms with Crippen LogP contribution in [-0.2, 0) is 4.79 Å². The van der Waals surface area contributed by atoms with Crippen molar-refractivity contribution in [3.8, 4) is 22.8 Å². The number of carbonyl (C=O) groups excluding carboxylic acids is 1. The second kappa shape index (κ2) is 9.38. The lowest BCUT2D eigenvalue weighted by molar-refractivity contribution is -0.114. The fourth-order valence-corrected chi connectivity index (χ4v) is 3.16. The second-order valence-corrected chi connectivity index (χ2v) is 6.35. The highest BCUT2D eigenvalue weighted by molar-refractivity contribution is 8.93. The predicted molar refractivity (Wildman–Crippen MR) is 115 cm³/mol. The zero-order valence-electron chi connectivity index (χ0n) is 15.1. The van der Waals surface area contributed by atoms with Crippen LogP contribution in [0.4, 0.5) is 16.5 Å². The molecule has 0 saturated heterocycles. The highest BCUT2D eigenvalue weighted by atomic mass is 79.9. The molecule has 6 nitrogen and oxygen atoms in total. The summed E-state index contributed by atoms with van der Waals surface area (Å²) in [7, 11) is 3.22. The van der Waals surface area contributed by atoms with Crippen LogP contribution in [0.2, 0.25) is 0 Å². The molecule has 3 aromatic rings. The summed E-state index contributed by atoms with van der Waals surface area (Å²) in [5.41, 5.74) is 3.46. The molecule has 0 atom stereocenters. The molecule has 2 N–H and O–H groups in total. The van der Waals surface area contributed by atoms with E-state index in [1.165, 1.54) is 18.3 Å². The van der Waals surface area contributed by atoms with Crippen molar-refractivity contribution < 1.29 is 14.3 Å². The summed E-state index contributed by atoms with van der Waals surface area (Å²) in [5.74, 6) is 1.26. The summed E-state index contributed by atoms with van der Waals surface area (Å²) >= 11 is 1.51. The van der Waals surface area contributed by atoms with Crippen molar-refractivity contribution >= 4 is 50.7 Å². The molecule has 2 aromatic carbocycles. The van der Waals surface area contributed by atoms with Crippen molar-refractivity contribution in [3.05, 3.63) is 47.8 Å². The first-order valence-electron chi connectivity index (χ1n) is 7.91. The van der Waals surface area contributed by atoms with Gasteiger partial charge in [-0.05, 0) is 42.5 Å². The highest BCUT2D eigenvalue weighted by Gasteiger charge is 2.09. The minimum Gasteiger partial charge on any atom is -0.493 e. The number of amides is 1. The molecule has 0 fully saturated rings. The number of hydrogen-bond donors (Lipinski definition) is 2. The maximum atomic E-state index is 11.1. The summed E-state index contributed by atoms with van der Waals surface area (Å²) in [6, 6.07) is 13.2. The van der Waals surface area contributed by atoms with Crippen molar-refractivity contribution in [1.82, 2.24) is 4.98 Å². The molecule has 27 heavy (non-hydrogen) atoms. The van der Waals surface area contributed by atoms with Gasteiger partial charge in [-0.2, -0.15) is 0 Å². The first-order chi connectivity index (χ1) is 12.6. The Kier molecular flexibility index (Phi) is 7.20. The molecular formula is C19H20BrN3O3S. The third kappa shape index (κ3) is 5.21. The molecule has 1 amide bonds. The van der Waals surface area contributed by atoms with Crippen molar-refractivity contribution in [1.29, 1.82) is 0 Å². The van der Waals surface area contributed by atoms with Crippen LogP contribution in [0, 0.1) is 0 Å². The van der Waals surface area contributed by atoms with Gasteiger partial charge in [0.25, 0.3) is 0 Å². The SMILES string of the molecule is Br.COc1ccc(-c2csc(Nc3ccc(NC(C)=O)cc3)n2)cc1OC. The minimum atomic E-state index is -0.0924. The van der Waals surface area contributed by atoms with Crippen LogP contribution in [0.3, 0.4) is 0 Å². The number of ether oxygens (including phenoxy) is 2. The molecule has 1 heterocycles. The summed E-state index contributed by atoms with van der Waals surface area (Å²) < 4.78 is 10.6. The van der Waals surface area contributed by atoms with Crippen molar-refractivity contribution in [2.75, 3.05) is 24.9 Å². The smallest absolute Gasteiger partial charge is 0.221 e. The number of anilines is 3. The molecule has 0 saturated carbocycles. The molecular weight excluding hydrogens is 430 g/mol. The first-order valence-corrected chi connectivity index (χ1v) is 8.79. The molecule has 0 aliphatic heterocycles. The number of halogens is 1. The Morgan fingerprint density at radius 1 is 1.00 bits per heavy atom. The van der Waals surface area contributed by atoms with E-state index in [0.29, 0.717) is 11.5 Å². The number of carbonyl (C=O) groups is 1. The zero-order chi connectivity index (χ0) is 18.5. The summed E-state index contributed by atoms with van der Waals surface area (Å²) in [6.45, 7) is 1.48. The number of hydrogen-bond acceptors (Lipinski definition) is 6. The Labute approximate surface area is 172 Å². The van der Waals surface area contributed by atoms with Gasteiger partial charge < -0.3 is 20.1 Å². The fraction of sp³-hybridized carbons (Fsp3) is 0.158. The molecule has 0 aliphatic carbocycles. The number of methoxy groups -OCH3 is 2. The molecule has 142 valence electrons. The fourth-order valence-electron chi connectivity index (χ4n) is 2.42. The van der Waals surface area contributed by atoms with E-state index >= 15 is 0 Å². The van der Waals surface area contributed by atoms with Gasteiger partial charge in [-0.1, -0.05) is 0 Å². The average molecular weight is 450 g/mol. The van der Waals surface area contributed by atoms with E-state index in [-0.39, 0.29) is 22.9 Å².